The molecule has 4 nitrogen and oxygen atoms in total. The maximum Gasteiger partial charge on any atom is 0.147 e. The molecule has 1 aromatic rings. The van der Waals surface area contributed by atoms with Crippen LogP contribution in [0.3, 0.4) is 0 Å². The molecule has 1 aromatic heterocycles. The van der Waals surface area contributed by atoms with Crippen LogP contribution in [-0.4, -0.2) is 47.6 Å². The lowest BCUT2D eigenvalue weighted by Crippen LogP contribution is -2.31. The maximum absolute atomic E-state index is 4.55. The first kappa shape index (κ1) is 12.3. The molecular formula is C13H22N4. The van der Waals surface area contributed by atoms with Crippen molar-refractivity contribution in [3.8, 4) is 0 Å². The monoisotopic (exact) mass is 234 g/mol. The van der Waals surface area contributed by atoms with Crippen LogP contribution in [0.4, 0.5) is 5.82 Å². The summed E-state index contributed by atoms with van der Waals surface area (Å²) in [5, 5.41) is 0. The van der Waals surface area contributed by atoms with E-state index in [-0.39, 0.29) is 0 Å². The topological polar surface area (TPSA) is 32.3 Å². The summed E-state index contributed by atoms with van der Waals surface area (Å²) in [6.07, 6.45) is 6.15. The number of aromatic nitrogens is 2. The third-order valence-electron chi connectivity index (χ3n) is 3.19. The zero-order chi connectivity index (χ0) is 12.1. The Labute approximate surface area is 104 Å². The van der Waals surface area contributed by atoms with Crippen LogP contribution >= 0.6 is 0 Å². The van der Waals surface area contributed by atoms with Crippen molar-refractivity contribution in [3.63, 3.8) is 0 Å². The second-order valence-corrected chi connectivity index (χ2v) is 4.70. The molecule has 0 radical (unpaired) electrons. The van der Waals surface area contributed by atoms with Gasteiger partial charge in [0.2, 0.25) is 0 Å². The predicted octanol–water partition coefficient (Wildman–Crippen LogP) is 1.71. The lowest BCUT2D eigenvalue weighted by molar-refractivity contribution is 0.294. The molecule has 17 heavy (non-hydrogen) atoms. The molecule has 1 saturated heterocycles. The van der Waals surface area contributed by atoms with Crippen LogP contribution in [0.25, 0.3) is 0 Å². The number of hydrogen-bond acceptors (Lipinski definition) is 4. The van der Waals surface area contributed by atoms with Crippen LogP contribution in [0.1, 0.15) is 25.5 Å². The third kappa shape index (κ3) is 3.40. The second-order valence-electron chi connectivity index (χ2n) is 4.70. The average molecular weight is 234 g/mol. The first-order valence-electron chi connectivity index (χ1n) is 6.55. The van der Waals surface area contributed by atoms with Crippen molar-refractivity contribution < 1.29 is 0 Å². The summed E-state index contributed by atoms with van der Waals surface area (Å²) in [6.45, 7) is 9.98. The van der Waals surface area contributed by atoms with Crippen molar-refractivity contribution in [3.05, 3.63) is 18.1 Å². The molecule has 0 saturated carbocycles. The fourth-order valence-electron chi connectivity index (χ4n) is 2.34. The van der Waals surface area contributed by atoms with Gasteiger partial charge in [0.05, 0.1) is 11.9 Å². The molecule has 2 rings (SSSR count). The van der Waals surface area contributed by atoms with Crippen LogP contribution in [0.15, 0.2) is 12.4 Å². The van der Waals surface area contributed by atoms with Crippen LogP contribution in [0.2, 0.25) is 0 Å². The maximum atomic E-state index is 4.55. The minimum Gasteiger partial charge on any atom is -0.354 e. The van der Waals surface area contributed by atoms with Gasteiger partial charge in [0.15, 0.2) is 0 Å². The van der Waals surface area contributed by atoms with Gasteiger partial charge in [-0.25, -0.2) is 4.98 Å². The Balaban J connectivity index is 1.99. The fraction of sp³-hybridized carbons (Fsp3) is 0.692. The van der Waals surface area contributed by atoms with Gasteiger partial charge in [-0.05, 0) is 32.9 Å². The van der Waals surface area contributed by atoms with Crippen molar-refractivity contribution in [2.45, 2.75) is 26.7 Å². The van der Waals surface area contributed by atoms with E-state index in [1.165, 1.54) is 25.9 Å². The standard InChI is InChI=1S/C13H22N4/c1-3-5-16-6-4-7-17(9-8-16)13-11-14-10-12(2)15-13/h10-11H,3-9H2,1-2H3. The van der Waals surface area contributed by atoms with Crippen LogP contribution in [0.5, 0.6) is 0 Å². The number of rotatable bonds is 3. The first-order chi connectivity index (χ1) is 8.29. The number of aryl methyl sites for hydroxylation is 1. The Hall–Kier alpha value is -1.16. The zero-order valence-corrected chi connectivity index (χ0v) is 10.9. The van der Waals surface area contributed by atoms with Crippen molar-refractivity contribution in [1.29, 1.82) is 0 Å². The average Bonchev–Trinajstić information content (AvgIpc) is 2.55. The molecule has 0 N–H and O–H groups in total. The van der Waals surface area contributed by atoms with E-state index in [2.05, 4.69) is 26.7 Å². The van der Waals surface area contributed by atoms with Gasteiger partial charge in [-0.3, -0.25) is 4.98 Å². The largest absolute Gasteiger partial charge is 0.354 e. The summed E-state index contributed by atoms with van der Waals surface area (Å²) < 4.78 is 0. The Morgan fingerprint density at radius 3 is 2.82 bits per heavy atom. The predicted molar refractivity (Wildman–Crippen MR) is 70.3 cm³/mol. The van der Waals surface area contributed by atoms with Gasteiger partial charge >= 0.3 is 0 Å². The summed E-state index contributed by atoms with van der Waals surface area (Å²) in [4.78, 5) is 13.7. The lowest BCUT2D eigenvalue weighted by Gasteiger charge is -2.22. The smallest absolute Gasteiger partial charge is 0.147 e. The highest BCUT2D eigenvalue weighted by atomic mass is 15.2. The van der Waals surface area contributed by atoms with E-state index in [4.69, 9.17) is 0 Å². The normalized spacial score (nSPS) is 18.1. The molecule has 4 heteroatoms. The molecule has 1 aliphatic heterocycles. The van der Waals surface area contributed by atoms with Gasteiger partial charge in [-0.1, -0.05) is 6.92 Å². The lowest BCUT2D eigenvalue weighted by atomic mass is 10.3. The van der Waals surface area contributed by atoms with Crippen LogP contribution in [0, 0.1) is 6.92 Å². The highest BCUT2D eigenvalue weighted by molar-refractivity contribution is 5.36. The SMILES string of the molecule is CCCN1CCCN(c2cncc(C)n2)CC1. The van der Waals surface area contributed by atoms with Crippen LogP contribution in [-0.2, 0) is 0 Å². The number of anilines is 1. The molecule has 94 valence electrons. The number of hydrogen-bond donors (Lipinski definition) is 0. The van der Waals surface area contributed by atoms with Crippen molar-refractivity contribution in [1.82, 2.24) is 14.9 Å². The van der Waals surface area contributed by atoms with E-state index in [1.54, 1.807) is 0 Å². The molecule has 2 heterocycles. The van der Waals surface area contributed by atoms with Gasteiger partial charge in [0, 0.05) is 25.8 Å². The summed E-state index contributed by atoms with van der Waals surface area (Å²) in [6, 6.07) is 0. The molecule has 1 fully saturated rings. The van der Waals surface area contributed by atoms with Gasteiger partial charge < -0.3 is 9.80 Å². The molecule has 0 bridgehead atoms. The quantitative estimate of drug-likeness (QED) is 0.797. The molecule has 0 aliphatic carbocycles. The molecule has 0 spiro atoms. The van der Waals surface area contributed by atoms with Crippen molar-refractivity contribution in [2.24, 2.45) is 0 Å². The fourth-order valence-corrected chi connectivity index (χ4v) is 2.34. The van der Waals surface area contributed by atoms with E-state index in [0.29, 0.717) is 0 Å². The summed E-state index contributed by atoms with van der Waals surface area (Å²) >= 11 is 0. The van der Waals surface area contributed by atoms with E-state index < -0.39 is 0 Å². The highest BCUT2D eigenvalue weighted by Crippen LogP contribution is 2.13. The molecule has 0 aromatic carbocycles. The van der Waals surface area contributed by atoms with E-state index in [0.717, 1.165) is 31.1 Å². The molecule has 0 amide bonds. The zero-order valence-electron chi connectivity index (χ0n) is 10.9. The van der Waals surface area contributed by atoms with Gasteiger partial charge in [0.25, 0.3) is 0 Å². The van der Waals surface area contributed by atoms with Gasteiger partial charge in [-0.2, -0.15) is 0 Å². The molecule has 0 unspecified atom stereocenters. The van der Waals surface area contributed by atoms with Gasteiger partial charge in [-0.15, -0.1) is 0 Å². The Bertz CT molecular complexity index is 353. The summed E-state index contributed by atoms with van der Waals surface area (Å²) in [5.41, 5.74) is 0.997. The highest BCUT2D eigenvalue weighted by Gasteiger charge is 2.15. The summed E-state index contributed by atoms with van der Waals surface area (Å²) in [5.74, 6) is 1.03. The molecule has 1 aliphatic rings. The number of nitrogens with zero attached hydrogens (tertiary/aromatic N) is 4. The van der Waals surface area contributed by atoms with Crippen molar-refractivity contribution in [2.75, 3.05) is 37.6 Å². The second kappa shape index (κ2) is 5.96. The van der Waals surface area contributed by atoms with Gasteiger partial charge in [0.1, 0.15) is 5.82 Å². The summed E-state index contributed by atoms with van der Waals surface area (Å²) in [7, 11) is 0. The molecular weight excluding hydrogens is 212 g/mol. The van der Waals surface area contributed by atoms with Crippen molar-refractivity contribution >= 4 is 5.82 Å². The molecule has 0 atom stereocenters. The van der Waals surface area contributed by atoms with E-state index in [9.17, 15) is 0 Å². The first-order valence-corrected chi connectivity index (χ1v) is 6.55. The minimum atomic E-state index is 0.997. The minimum absolute atomic E-state index is 0.997. The van der Waals surface area contributed by atoms with E-state index >= 15 is 0 Å². The Morgan fingerprint density at radius 1 is 1.18 bits per heavy atom. The van der Waals surface area contributed by atoms with Crippen LogP contribution < -0.4 is 4.90 Å². The Morgan fingerprint density at radius 2 is 2.06 bits per heavy atom. The van der Waals surface area contributed by atoms with E-state index in [1.807, 2.05) is 19.3 Å². The third-order valence-corrected chi connectivity index (χ3v) is 3.19. The Kier molecular flexibility index (Phi) is 4.31.